The molecule has 1 rings (SSSR count). The van der Waals surface area contributed by atoms with Gasteiger partial charge in [0.25, 0.3) is 0 Å². The van der Waals surface area contributed by atoms with Crippen LogP contribution in [0.25, 0.3) is 0 Å². The van der Waals surface area contributed by atoms with Gasteiger partial charge in [0.1, 0.15) is 6.61 Å². The minimum Gasteiger partial charge on any atom is -0.463 e. The van der Waals surface area contributed by atoms with Gasteiger partial charge in [-0.3, -0.25) is 4.79 Å². The Balaban J connectivity index is 2.04. The smallest absolute Gasteiger partial charge is 0.307 e. The summed E-state index contributed by atoms with van der Waals surface area (Å²) >= 11 is 0. The quantitative estimate of drug-likeness (QED) is 0.528. The fourth-order valence-electron chi connectivity index (χ4n) is 1.71. The first-order chi connectivity index (χ1) is 9.74. The number of ether oxygens (including phenoxy) is 2. The van der Waals surface area contributed by atoms with Crippen LogP contribution in [-0.2, 0) is 14.3 Å². The highest BCUT2D eigenvalue weighted by atomic mass is 16.6. The average molecular weight is 279 g/mol. The number of anilines is 1. The van der Waals surface area contributed by atoms with Crippen LogP contribution in [0.3, 0.4) is 0 Å². The van der Waals surface area contributed by atoms with Gasteiger partial charge in [-0.2, -0.15) is 0 Å². The molecule has 0 saturated heterocycles. The van der Waals surface area contributed by atoms with Gasteiger partial charge in [-0.05, 0) is 25.0 Å². The summed E-state index contributed by atoms with van der Waals surface area (Å²) in [6.45, 7) is 6.30. The van der Waals surface area contributed by atoms with E-state index in [0.29, 0.717) is 26.2 Å². The number of carbonyl (C=O) groups excluding carboxylic acids is 1. The van der Waals surface area contributed by atoms with E-state index in [1.807, 2.05) is 31.2 Å². The summed E-state index contributed by atoms with van der Waals surface area (Å²) in [6.07, 6.45) is 2.53. The molecule has 0 heterocycles. The van der Waals surface area contributed by atoms with E-state index in [2.05, 4.69) is 12.2 Å². The molecule has 20 heavy (non-hydrogen) atoms. The van der Waals surface area contributed by atoms with Crippen LogP contribution in [0.5, 0.6) is 0 Å². The predicted octanol–water partition coefficient (Wildman–Crippen LogP) is 3.16. The van der Waals surface area contributed by atoms with Crippen molar-refractivity contribution in [2.24, 2.45) is 0 Å². The third kappa shape index (κ3) is 7.14. The van der Waals surface area contributed by atoms with E-state index in [1.54, 1.807) is 0 Å². The largest absolute Gasteiger partial charge is 0.463 e. The molecule has 0 saturated carbocycles. The van der Waals surface area contributed by atoms with E-state index in [0.717, 1.165) is 25.1 Å². The van der Waals surface area contributed by atoms with E-state index in [9.17, 15) is 4.79 Å². The van der Waals surface area contributed by atoms with Crippen molar-refractivity contribution in [3.63, 3.8) is 0 Å². The van der Waals surface area contributed by atoms with E-state index in [4.69, 9.17) is 9.47 Å². The molecule has 0 spiro atoms. The molecule has 0 atom stereocenters. The van der Waals surface area contributed by atoms with Gasteiger partial charge in [-0.15, -0.1) is 0 Å². The average Bonchev–Trinajstić information content (AvgIpc) is 2.45. The summed E-state index contributed by atoms with van der Waals surface area (Å²) in [6, 6.07) is 8.01. The minimum absolute atomic E-state index is 0.190. The lowest BCUT2D eigenvalue weighted by Gasteiger charge is -2.09. The molecule has 1 aromatic carbocycles. The highest BCUT2D eigenvalue weighted by Crippen LogP contribution is 2.12. The Labute approximate surface area is 121 Å². The standard InChI is InChI=1S/C16H25NO3/c1-3-4-11-19-12-13-20-16(18)9-10-17-15-8-6-5-7-14(15)2/h5-8,17H,3-4,9-13H2,1-2H3. The van der Waals surface area contributed by atoms with E-state index in [1.165, 1.54) is 5.56 Å². The summed E-state index contributed by atoms with van der Waals surface area (Å²) in [5.74, 6) is -0.190. The number of nitrogens with one attached hydrogen (secondary N) is 1. The Morgan fingerprint density at radius 2 is 2.00 bits per heavy atom. The maximum Gasteiger partial charge on any atom is 0.307 e. The zero-order chi connectivity index (χ0) is 14.6. The third-order valence-electron chi connectivity index (χ3n) is 2.92. The highest BCUT2D eigenvalue weighted by molar-refractivity contribution is 5.70. The summed E-state index contributed by atoms with van der Waals surface area (Å²) in [7, 11) is 0. The Hall–Kier alpha value is -1.55. The lowest BCUT2D eigenvalue weighted by atomic mass is 10.2. The van der Waals surface area contributed by atoms with Gasteiger partial charge in [0.15, 0.2) is 0 Å². The second-order valence-electron chi connectivity index (χ2n) is 4.68. The summed E-state index contributed by atoms with van der Waals surface area (Å²) < 4.78 is 10.4. The molecule has 0 aromatic heterocycles. The van der Waals surface area contributed by atoms with Gasteiger partial charge in [0.2, 0.25) is 0 Å². The topological polar surface area (TPSA) is 47.6 Å². The number of unbranched alkanes of at least 4 members (excludes halogenated alkanes) is 1. The molecular weight excluding hydrogens is 254 g/mol. The number of benzene rings is 1. The van der Waals surface area contributed by atoms with Crippen LogP contribution in [0.1, 0.15) is 31.7 Å². The first kappa shape index (κ1) is 16.5. The maximum absolute atomic E-state index is 11.5. The second-order valence-corrected chi connectivity index (χ2v) is 4.68. The molecule has 1 N–H and O–H groups in total. The zero-order valence-electron chi connectivity index (χ0n) is 12.5. The van der Waals surface area contributed by atoms with Gasteiger partial charge in [-0.25, -0.2) is 0 Å². The molecule has 0 unspecified atom stereocenters. The van der Waals surface area contributed by atoms with Gasteiger partial charge >= 0.3 is 5.97 Å². The van der Waals surface area contributed by atoms with Crippen LogP contribution in [0.15, 0.2) is 24.3 Å². The molecule has 0 radical (unpaired) electrons. The summed E-state index contributed by atoms with van der Waals surface area (Å²) in [5, 5.41) is 3.23. The Morgan fingerprint density at radius 3 is 2.75 bits per heavy atom. The van der Waals surface area contributed by atoms with Gasteiger partial charge in [-0.1, -0.05) is 31.5 Å². The normalized spacial score (nSPS) is 10.3. The molecule has 0 aliphatic heterocycles. The first-order valence-electron chi connectivity index (χ1n) is 7.27. The Kier molecular flexibility index (Phi) is 8.47. The van der Waals surface area contributed by atoms with Crippen molar-refractivity contribution >= 4 is 11.7 Å². The van der Waals surface area contributed by atoms with Crippen molar-refractivity contribution in [2.75, 3.05) is 31.7 Å². The molecule has 4 heteroatoms. The molecule has 0 aliphatic carbocycles. The molecule has 1 aromatic rings. The number of para-hydroxylation sites is 1. The van der Waals surface area contributed by atoms with Crippen molar-refractivity contribution in [1.29, 1.82) is 0 Å². The van der Waals surface area contributed by atoms with Crippen molar-refractivity contribution in [3.8, 4) is 0 Å². The van der Waals surface area contributed by atoms with Crippen LogP contribution in [0, 0.1) is 6.92 Å². The fraction of sp³-hybridized carbons (Fsp3) is 0.562. The second kappa shape index (κ2) is 10.3. The molecule has 112 valence electrons. The number of hydrogen-bond donors (Lipinski definition) is 1. The number of esters is 1. The van der Waals surface area contributed by atoms with Crippen molar-refractivity contribution in [1.82, 2.24) is 0 Å². The maximum atomic E-state index is 11.5. The van der Waals surface area contributed by atoms with Crippen molar-refractivity contribution in [2.45, 2.75) is 33.1 Å². The predicted molar refractivity (Wildman–Crippen MR) is 81.0 cm³/mol. The summed E-state index contributed by atoms with van der Waals surface area (Å²) in [4.78, 5) is 11.5. The third-order valence-corrected chi connectivity index (χ3v) is 2.92. The number of hydrogen-bond acceptors (Lipinski definition) is 4. The lowest BCUT2D eigenvalue weighted by molar-refractivity contribution is -0.144. The Bertz CT molecular complexity index is 393. The number of aryl methyl sites for hydroxylation is 1. The first-order valence-corrected chi connectivity index (χ1v) is 7.27. The summed E-state index contributed by atoms with van der Waals surface area (Å²) in [5.41, 5.74) is 2.23. The Morgan fingerprint density at radius 1 is 1.20 bits per heavy atom. The van der Waals surface area contributed by atoms with E-state index < -0.39 is 0 Å². The molecule has 0 aliphatic rings. The number of rotatable bonds is 10. The minimum atomic E-state index is -0.190. The van der Waals surface area contributed by atoms with Crippen LogP contribution >= 0.6 is 0 Å². The highest BCUT2D eigenvalue weighted by Gasteiger charge is 2.03. The van der Waals surface area contributed by atoms with Crippen LogP contribution in [0.4, 0.5) is 5.69 Å². The SMILES string of the molecule is CCCCOCCOC(=O)CCNc1ccccc1C. The molecular formula is C16H25NO3. The lowest BCUT2D eigenvalue weighted by Crippen LogP contribution is -2.15. The van der Waals surface area contributed by atoms with Crippen LogP contribution in [0.2, 0.25) is 0 Å². The van der Waals surface area contributed by atoms with E-state index in [-0.39, 0.29) is 5.97 Å². The van der Waals surface area contributed by atoms with Crippen molar-refractivity contribution < 1.29 is 14.3 Å². The van der Waals surface area contributed by atoms with Crippen LogP contribution in [-0.4, -0.2) is 32.3 Å². The molecule has 0 amide bonds. The fourth-order valence-corrected chi connectivity index (χ4v) is 1.71. The van der Waals surface area contributed by atoms with Gasteiger partial charge < -0.3 is 14.8 Å². The van der Waals surface area contributed by atoms with Gasteiger partial charge in [0, 0.05) is 18.8 Å². The van der Waals surface area contributed by atoms with Crippen molar-refractivity contribution in [3.05, 3.63) is 29.8 Å². The van der Waals surface area contributed by atoms with Crippen LogP contribution < -0.4 is 5.32 Å². The molecule has 4 nitrogen and oxygen atoms in total. The van der Waals surface area contributed by atoms with E-state index >= 15 is 0 Å². The monoisotopic (exact) mass is 279 g/mol. The molecule has 0 bridgehead atoms. The number of carbonyl (C=O) groups is 1. The zero-order valence-corrected chi connectivity index (χ0v) is 12.5. The van der Waals surface area contributed by atoms with Gasteiger partial charge in [0.05, 0.1) is 13.0 Å². The molecule has 0 fully saturated rings.